The number of ether oxygens (including phenoxy) is 2. The van der Waals surface area contributed by atoms with Crippen molar-refractivity contribution in [3.05, 3.63) is 23.8 Å². The van der Waals surface area contributed by atoms with Crippen LogP contribution in [-0.2, 0) is 15.4 Å². The Balaban J connectivity index is 1.47. The minimum atomic E-state index is -3.02. The Labute approximate surface area is 147 Å². The molecule has 1 N–H and O–H groups in total. The first-order chi connectivity index (χ1) is 11.9. The Hall–Kier alpha value is -1.96. The van der Waals surface area contributed by atoms with Gasteiger partial charge in [0.05, 0.1) is 17.0 Å². The van der Waals surface area contributed by atoms with Gasteiger partial charge in [-0.15, -0.1) is 0 Å². The average molecular weight is 366 g/mol. The fourth-order valence-electron chi connectivity index (χ4n) is 3.49. The molecule has 1 aromatic rings. The lowest BCUT2D eigenvalue weighted by Gasteiger charge is -2.28. The lowest BCUT2D eigenvalue weighted by Crippen LogP contribution is -2.47. The lowest BCUT2D eigenvalue weighted by atomic mass is 10.0. The molecule has 2 heterocycles. The van der Waals surface area contributed by atoms with Gasteiger partial charge in [-0.1, -0.05) is 6.07 Å². The van der Waals surface area contributed by atoms with E-state index < -0.39 is 15.4 Å². The predicted octanol–water partition coefficient (Wildman–Crippen LogP) is 1.28. The second-order valence-electron chi connectivity index (χ2n) is 7.04. The molecule has 0 spiro atoms. The third-order valence-electron chi connectivity index (χ3n) is 5.27. The fourth-order valence-corrected chi connectivity index (χ4v) is 5.27. The quantitative estimate of drug-likeness (QED) is 0.871. The van der Waals surface area contributed by atoms with E-state index in [2.05, 4.69) is 5.32 Å². The molecule has 0 bridgehead atoms. The molecule has 2 aliphatic heterocycles. The Morgan fingerprint density at radius 3 is 2.60 bits per heavy atom. The first-order valence-electron chi connectivity index (χ1n) is 8.54. The van der Waals surface area contributed by atoms with E-state index >= 15 is 0 Å². The standard InChI is InChI=1S/C17H22N2O5S/c1-19(13-4-9-25(21,22)11-13)16(20)18-17(5-6-17)12-2-3-14-15(10-12)24-8-7-23-14/h2-3,10,13H,4-9,11H2,1H3,(H,18,20). The van der Waals surface area contributed by atoms with Crippen molar-refractivity contribution < 1.29 is 22.7 Å². The summed E-state index contributed by atoms with van der Waals surface area (Å²) in [5.41, 5.74) is 0.608. The molecule has 8 heteroatoms. The first kappa shape index (κ1) is 16.5. The highest BCUT2D eigenvalue weighted by Gasteiger charge is 2.47. The van der Waals surface area contributed by atoms with Gasteiger partial charge in [-0.2, -0.15) is 0 Å². The summed E-state index contributed by atoms with van der Waals surface area (Å²) < 4.78 is 34.4. The van der Waals surface area contributed by atoms with Crippen LogP contribution in [0.15, 0.2) is 18.2 Å². The molecule has 1 atom stereocenters. The van der Waals surface area contributed by atoms with Crippen LogP contribution in [0.5, 0.6) is 11.5 Å². The van der Waals surface area contributed by atoms with Gasteiger partial charge in [-0.25, -0.2) is 13.2 Å². The topological polar surface area (TPSA) is 84.9 Å². The SMILES string of the molecule is CN(C(=O)NC1(c2ccc3c(c2)OCCO3)CC1)C1CCS(=O)(=O)C1. The van der Waals surface area contributed by atoms with Gasteiger partial charge in [0.25, 0.3) is 0 Å². The van der Waals surface area contributed by atoms with Gasteiger partial charge >= 0.3 is 6.03 Å². The van der Waals surface area contributed by atoms with Crippen LogP contribution in [0.3, 0.4) is 0 Å². The maximum atomic E-state index is 12.6. The maximum Gasteiger partial charge on any atom is 0.318 e. The van der Waals surface area contributed by atoms with Crippen LogP contribution in [0.2, 0.25) is 0 Å². The molecule has 4 rings (SSSR count). The van der Waals surface area contributed by atoms with Gasteiger partial charge in [-0.05, 0) is 37.0 Å². The molecule has 1 aromatic carbocycles. The van der Waals surface area contributed by atoms with Gasteiger partial charge in [0, 0.05) is 13.1 Å². The Bertz CT molecular complexity index is 803. The van der Waals surface area contributed by atoms with E-state index in [0.717, 1.165) is 24.2 Å². The van der Waals surface area contributed by atoms with E-state index in [1.165, 1.54) is 4.90 Å². The number of urea groups is 1. The molecule has 0 aromatic heterocycles. The first-order valence-corrected chi connectivity index (χ1v) is 10.4. The van der Waals surface area contributed by atoms with Gasteiger partial charge in [0.15, 0.2) is 21.3 Å². The number of carbonyl (C=O) groups excluding carboxylic acids is 1. The number of nitrogens with zero attached hydrogens (tertiary/aromatic N) is 1. The number of hydrogen-bond acceptors (Lipinski definition) is 5. The summed E-state index contributed by atoms with van der Waals surface area (Å²) in [6, 6.07) is 5.29. The van der Waals surface area contributed by atoms with Gasteiger partial charge in [-0.3, -0.25) is 0 Å². The monoisotopic (exact) mass is 366 g/mol. The van der Waals surface area contributed by atoms with Crippen LogP contribution in [0.4, 0.5) is 4.79 Å². The number of sulfone groups is 1. The summed E-state index contributed by atoms with van der Waals surface area (Å²) in [7, 11) is -1.35. The minimum Gasteiger partial charge on any atom is -0.486 e. The molecular formula is C17H22N2O5S. The molecule has 7 nitrogen and oxygen atoms in total. The summed E-state index contributed by atoms with van der Waals surface area (Å²) in [5.74, 6) is 1.64. The predicted molar refractivity (Wildman–Crippen MR) is 91.7 cm³/mol. The molecule has 1 saturated carbocycles. The summed E-state index contributed by atoms with van der Waals surface area (Å²) in [6.07, 6.45) is 2.22. The van der Waals surface area contributed by atoms with Crippen LogP contribution < -0.4 is 14.8 Å². The highest BCUT2D eigenvalue weighted by atomic mass is 32.2. The molecule has 2 fully saturated rings. The average Bonchev–Trinajstić information content (AvgIpc) is 3.29. The molecule has 136 valence electrons. The Kier molecular flexibility index (Phi) is 3.82. The van der Waals surface area contributed by atoms with E-state index in [1.54, 1.807) is 7.05 Å². The van der Waals surface area contributed by atoms with E-state index in [9.17, 15) is 13.2 Å². The second-order valence-corrected chi connectivity index (χ2v) is 9.27. The maximum absolute atomic E-state index is 12.6. The summed E-state index contributed by atoms with van der Waals surface area (Å²) in [5, 5.41) is 3.09. The largest absolute Gasteiger partial charge is 0.486 e. The van der Waals surface area contributed by atoms with Gasteiger partial charge in [0.1, 0.15) is 13.2 Å². The molecule has 25 heavy (non-hydrogen) atoms. The third-order valence-corrected chi connectivity index (χ3v) is 7.02. The van der Waals surface area contributed by atoms with Crippen LogP contribution in [0, 0.1) is 0 Å². The fraction of sp³-hybridized carbons (Fsp3) is 0.588. The summed E-state index contributed by atoms with van der Waals surface area (Å²) in [4.78, 5) is 14.2. The lowest BCUT2D eigenvalue weighted by molar-refractivity contribution is 0.171. The van der Waals surface area contributed by atoms with Crippen molar-refractivity contribution in [2.24, 2.45) is 0 Å². The van der Waals surface area contributed by atoms with Crippen molar-refractivity contribution in [2.75, 3.05) is 31.8 Å². The van der Waals surface area contributed by atoms with E-state index in [1.807, 2.05) is 18.2 Å². The van der Waals surface area contributed by atoms with Crippen molar-refractivity contribution in [3.63, 3.8) is 0 Å². The summed E-state index contributed by atoms with van der Waals surface area (Å²) >= 11 is 0. The highest BCUT2D eigenvalue weighted by Crippen LogP contribution is 2.48. The molecule has 1 unspecified atom stereocenters. The van der Waals surface area contributed by atoms with E-state index in [4.69, 9.17) is 9.47 Å². The number of nitrogens with one attached hydrogen (secondary N) is 1. The Morgan fingerprint density at radius 2 is 1.96 bits per heavy atom. The zero-order valence-electron chi connectivity index (χ0n) is 14.2. The zero-order chi connectivity index (χ0) is 17.7. The number of fused-ring (bicyclic) bond motifs is 1. The Morgan fingerprint density at radius 1 is 1.24 bits per heavy atom. The molecule has 0 radical (unpaired) electrons. The van der Waals surface area contributed by atoms with Crippen LogP contribution >= 0.6 is 0 Å². The smallest absolute Gasteiger partial charge is 0.318 e. The zero-order valence-corrected chi connectivity index (χ0v) is 15.0. The molecule has 1 aliphatic carbocycles. The third kappa shape index (κ3) is 3.15. The van der Waals surface area contributed by atoms with Gasteiger partial charge < -0.3 is 19.7 Å². The van der Waals surface area contributed by atoms with Crippen molar-refractivity contribution in [2.45, 2.75) is 30.8 Å². The van der Waals surface area contributed by atoms with Crippen LogP contribution in [-0.4, -0.2) is 57.2 Å². The highest BCUT2D eigenvalue weighted by molar-refractivity contribution is 7.91. The summed E-state index contributed by atoms with van der Waals surface area (Å²) in [6.45, 7) is 1.07. The van der Waals surface area contributed by atoms with Gasteiger partial charge in [0.2, 0.25) is 0 Å². The number of amides is 2. The number of hydrogen-bond donors (Lipinski definition) is 1. The van der Waals surface area contributed by atoms with Crippen molar-refractivity contribution in [3.8, 4) is 11.5 Å². The number of carbonyl (C=O) groups is 1. The van der Waals surface area contributed by atoms with Crippen LogP contribution in [0.25, 0.3) is 0 Å². The normalized spacial score (nSPS) is 25.2. The molecular weight excluding hydrogens is 344 g/mol. The van der Waals surface area contributed by atoms with E-state index in [-0.39, 0.29) is 23.6 Å². The van der Waals surface area contributed by atoms with Crippen LogP contribution in [0.1, 0.15) is 24.8 Å². The van der Waals surface area contributed by atoms with Crippen molar-refractivity contribution in [1.29, 1.82) is 0 Å². The van der Waals surface area contributed by atoms with E-state index in [0.29, 0.717) is 25.4 Å². The van der Waals surface area contributed by atoms with Crippen molar-refractivity contribution >= 4 is 15.9 Å². The minimum absolute atomic E-state index is 0.0495. The molecule has 2 amide bonds. The number of rotatable bonds is 3. The number of benzene rings is 1. The molecule has 3 aliphatic rings. The molecule has 1 saturated heterocycles. The van der Waals surface area contributed by atoms with Crippen molar-refractivity contribution in [1.82, 2.24) is 10.2 Å². The second kappa shape index (κ2) is 5.79.